The molecule has 2 heterocycles. The molecule has 0 saturated carbocycles. The van der Waals surface area contributed by atoms with Crippen molar-refractivity contribution in [3.05, 3.63) is 48.3 Å². The lowest BCUT2D eigenvalue weighted by Crippen LogP contribution is -2.30. The van der Waals surface area contributed by atoms with E-state index in [-0.39, 0.29) is 23.3 Å². The molecule has 1 aromatic carbocycles. The molecule has 1 atom stereocenters. The van der Waals surface area contributed by atoms with Gasteiger partial charge in [-0.25, -0.2) is 13.1 Å². The average Bonchev–Trinajstić information content (AvgIpc) is 3.12. The Morgan fingerprint density at radius 3 is 2.73 bits per heavy atom. The lowest BCUT2D eigenvalue weighted by molar-refractivity contribution is 0.0943. The van der Waals surface area contributed by atoms with Crippen LogP contribution in [-0.4, -0.2) is 42.2 Å². The average molecular weight is 319 g/mol. The molecule has 116 valence electrons. The van der Waals surface area contributed by atoms with Crippen LogP contribution in [0.3, 0.4) is 0 Å². The first-order valence-corrected chi connectivity index (χ1v) is 8.95. The normalized spacial score (nSPS) is 19.9. The number of aromatic nitrogens is 2. The van der Waals surface area contributed by atoms with Crippen LogP contribution in [0.4, 0.5) is 0 Å². The molecule has 0 unspecified atom stereocenters. The number of benzene rings is 1. The zero-order chi connectivity index (χ0) is 15.6. The summed E-state index contributed by atoms with van der Waals surface area (Å²) >= 11 is 0. The topological polar surface area (TPSA) is 81.1 Å². The highest BCUT2D eigenvalue weighted by Crippen LogP contribution is 2.17. The van der Waals surface area contributed by atoms with Gasteiger partial charge in [-0.3, -0.25) is 4.79 Å². The molecule has 1 aromatic heterocycles. The fourth-order valence-corrected chi connectivity index (χ4v) is 4.39. The summed E-state index contributed by atoms with van der Waals surface area (Å²) in [7, 11) is -2.91. The second kappa shape index (κ2) is 5.92. The van der Waals surface area contributed by atoms with Crippen molar-refractivity contribution in [2.75, 3.05) is 18.1 Å². The van der Waals surface area contributed by atoms with E-state index >= 15 is 0 Å². The first-order chi connectivity index (χ1) is 10.5. The van der Waals surface area contributed by atoms with Crippen molar-refractivity contribution in [1.82, 2.24) is 15.1 Å². The van der Waals surface area contributed by atoms with Gasteiger partial charge in [0.2, 0.25) is 0 Å². The molecule has 2 aromatic rings. The molecule has 7 heteroatoms. The minimum Gasteiger partial charge on any atom is -0.350 e. The van der Waals surface area contributed by atoms with E-state index in [2.05, 4.69) is 10.4 Å². The summed E-state index contributed by atoms with van der Waals surface area (Å²) in [5.74, 6) is 0.103. The Balaban J connectivity index is 1.60. The second-order valence-electron chi connectivity index (χ2n) is 5.46. The summed E-state index contributed by atoms with van der Waals surface area (Å²) in [6.45, 7) is 0.371. The maximum atomic E-state index is 12.1. The maximum absolute atomic E-state index is 12.1. The van der Waals surface area contributed by atoms with E-state index in [9.17, 15) is 13.2 Å². The van der Waals surface area contributed by atoms with Crippen molar-refractivity contribution in [3.8, 4) is 5.69 Å². The summed E-state index contributed by atoms with van der Waals surface area (Å²) in [4.78, 5) is 12.1. The molecule has 1 fully saturated rings. The lowest BCUT2D eigenvalue weighted by Gasteiger charge is -2.08. The highest BCUT2D eigenvalue weighted by Gasteiger charge is 2.28. The molecule has 0 aliphatic carbocycles. The van der Waals surface area contributed by atoms with E-state index in [1.165, 1.54) is 0 Å². The Morgan fingerprint density at radius 2 is 2.05 bits per heavy atom. The van der Waals surface area contributed by atoms with Crippen LogP contribution in [0, 0.1) is 5.92 Å². The zero-order valence-electron chi connectivity index (χ0n) is 12.0. The van der Waals surface area contributed by atoms with Crippen LogP contribution < -0.4 is 5.32 Å². The van der Waals surface area contributed by atoms with Crippen molar-refractivity contribution in [2.24, 2.45) is 5.92 Å². The summed E-state index contributed by atoms with van der Waals surface area (Å²) in [5, 5.41) is 7.00. The third-order valence-corrected chi connectivity index (χ3v) is 5.56. The van der Waals surface area contributed by atoms with Crippen molar-refractivity contribution >= 4 is 15.7 Å². The smallest absolute Gasteiger partial charge is 0.271 e. The van der Waals surface area contributed by atoms with Gasteiger partial charge in [0.25, 0.3) is 5.91 Å². The predicted molar refractivity (Wildman–Crippen MR) is 82.7 cm³/mol. The minimum absolute atomic E-state index is 0.00478. The van der Waals surface area contributed by atoms with Crippen LogP contribution >= 0.6 is 0 Å². The molecule has 0 spiro atoms. The van der Waals surface area contributed by atoms with Gasteiger partial charge in [0.15, 0.2) is 15.5 Å². The highest BCUT2D eigenvalue weighted by molar-refractivity contribution is 7.91. The molecule has 22 heavy (non-hydrogen) atoms. The van der Waals surface area contributed by atoms with Gasteiger partial charge in [0.1, 0.15) is 0 Å². The van der Waals surface area contributed by atoms with Gasteiger partial charge in [0.05, 0.1) is 17.2 Å². The first-order valence-electron chi connectivity index (χ1n) is 7.13. The summed E-state index contributed by atoms with van der Waals surface area (Å²) in [6, 6.07) is 11.2. The fraction of sp³-hybridized carbons (Fsp3) is 0.333. The predicted octanol–water partition coefficient (Wildman–Crippen LogP) is 1.04. The third-order valence-electron chi connectivity index (χ3n) is 3.72. The largest absolute Gasteiger partial charge is 0.350 e. The lowest BCUT2D eigenvalue weighted by atomic mass is 10.1. The second-order valence-corrected chi connectivity index (χ2v) is 7.69. The molecule has 0 bridgehead atoms. The number of sulfone groups is 1. The summed E-state index contributed by atoms with van der Waals surface area (Å²) in [6.07, 6.45) is 2.34. The van der Waals surface area contributed by atoms with E-state index in [1.54, 1.807) is 16.9 Å². The molecule has 1 amide bonds. The molecule has 3 rings (SSSR count). The molecule has 0 radical (unpaired) electrons. The monoisotopic (exact) mass is 319 g/mol. The van der Waals surface area contributed by atoms with Crippen LogP contribution in [0.1, 0.15) is 16.9 Å². The number of para-hydroxylation sites is 1. The zero-order valence-corrected chi connectivity index (χ0v) is 12.8. The van der Waals surface area contributed by atoms with Crippen molar-refractivity contribution < 1.29 is 13.2 Å². The van der Waals surface area contributed by atoms with Crippen LogP contribution in [0.2, 0.25) is 0 Å². The molecule has 1 saturated heterocycles. The van der Waals surface area contributed by atoms with Crippen LogP contribution in [0.25, 0.3) is 5.69 Å². The van der Waals surface area contributed by atoms with E-state index < -0.39 is 9.84 Å². The molecular weight excluding hydrogens is 302 g/mol. The van der Waals surface area contributed by atoms with E-state index in [1.807, 2.05) is 30.3 Å². The number of hydrogen-bond acceptors (Lipinski definition) is 4. The Labute approximate surface area is 129 Å². The van der Waals surface area contributed by atoms with Crippen molar-refractivity contribution in [2.45, 2.75) is 6.42 Å². The Hall–Kier alpha value is -2.15. The SMILES string of the molecule is O=C(NC[C@@H]1CCS(=O)(=O)C1)c1ccn(-c2ccccc2)n1. The number of hydrogen-bond donors (Lipinski definition) is 1. The highest BCUT2D eigenvalue weighted by atomic mass is 32.2. The number of carbonyl (C=O) groups excluding carboxylic acids is 1. The van der Waals surface area contributed by atoms with Gasteiger partial charge in [-0.1, -0.05) is 18.2 Å². The van der Waals surface area contributed by atoms with E-state index in [0.717, 1.165) is 5.69 Å². The van der Waals surface area contributed by atoms with Gasteiger partial charge in [-0.2, -0.15) is 5.10 Å². The number of amides is 1. The molecule has 1 aliphatic heterocycles. The fourth-order valence-electron chi connectivity index (χ4n) is 2.53. The van der Waals surface area contributed by atoms with Gasteiger partial charge >= 0.3 is 0 Å². The van der Waals surface area contributed by atoms with E-state index in [4.69, 9.17) is 0 Å². The molecule has 1 aliphatic rings. The molecular formula is C15H17N3O3S. The quantitative estimate of drug-likeness (QED) is 0.913. The van der Waals surface area contributed by atoms with Gasteiger partial charge in [0, 0.05) is 12.7 Å². The summed E-state index contributed by atoms with van der Waals surface area (Å²) in [5.41, 5.74) is 1.20. The number of nitrogens with one attached hydrogen (secondary N) is 1. The van der Waals surface area contributed by atoms with Crippen LogP contribution in [0.15, 0.2) is 42.6 Å². The summed E-state index contributed by atoms with van der Waals surface area (Å²) < 4.78 is 24.4. The third kappa shape index (κ3) is 3.36. The van der Waals surface area contributed by atoms with Gasteiger partial charge in [-0.15, -0.1) is 0 Å². The Kier molecular flexibility index (Phi) is 3.98. The number of rotatable bonds is 4. The van der Waals surface area contributed by atoms with Gasteiger partial charge in [-0.05, 0) is 30.5 Å². The Bertz CT molecular complexity index is 768. The molecule has 1 N–H and O–H groups in total. The maximum Gasteiger partial charge on any atom is 0.271 e. The first kappa shape index (κ1) is 14.8. The number of carbonyl (C=O) groups is 1. The number of nitrogens with zero attached hydrogens (tertiary/aromatic N) is 2. The Morgan fingerprint density at radius 1 is 1.27 bits per heavy atom. The van der Waals surface area contributed by atoms with E-state index in [0.29, 0.717) is 18.7 Å². The van der Waals surface area contributed by atoms with Crippen LogP contribution in [-0.2, 0) is 9.84 Å². The minimum atomic E-state index is -2.91. The van der Waals surface area contributed by atoms with Crippen molar-refractivity contribution in [1.29, 1.82) is 0 Å². The van der Waals surface area contributed by atoms with Crippen LogP contribution in [0.5, 0.6) is 0 Å². The molecule has 6 nitrogen and oxygen atoms in total. The van der Waals surface area contributed by atoms with Crippen molar-refractivity contribution in [3.63, 3.8) is 0 Å². The van der Waals surface area contributed by atoms with Gasteiger partial charge < -0.3 is 5.32 Å². The standard InChI is InChI=1S/C15H17N3O3S/c19-15(16-10-12-7-9-22(20,21)11-12)14-6-8-18(17-14)13-4-2-1-3-5-13/h1-6,8,12H,7,9-11H2,(H,16,19)/t12-/m0/s1.